The van der Waals surface area contributed by atoms with Crippen LogP contribution in [0.15, 0.2) is 41.5 Å². The second kappa shape index (κ2) is 19.0. The fourth-order valence-electron chi connectivity index (χ4n) is 10.9. The van der Waals surface area contributed by atoms with E-state index >= 15 is 0 Å². The molecule has 2 bridgehead atoms. The Morgan fingerprint density at radius 1 is 0.969 bits per heavy atom. The number of hydrogen-bond acceptors (Lipinski definition) is 15. The van der Waals surface area contributed by atoms with E-state index in [1.165, 1.54) is 13.8 Å². The summed E-state index contributed by atoms with van der Waals surface area (Å²) < 4.78 is 50.8. The molecule has 13 atom stereocenters. The van der Waals surface area contributed by atoms with Crippen LogP contribution in [0.4, 0.5) is 4.79 Å². The monoisotopic (exact) mass is 899 g/mol. The number of benzene rings is 1. The van der Waals surface area contributed by atoms with Gasteiger partial charge in [0.25, 0.3) is 0 Å². The number of aliphatic hydroxyl groups is 2. The second-order valence-electron chi connectivity index (χ2n) is 20.2. The van der Waals surface area contributed by atoms with Crippen molar-refractivity contribution in [2.75, 3.05) is 6.61 Å². The quantitative estimate of drug-likeness (QED) is 0.0862. The Morgan fingerprint density at radius 2 is 1.66 bits per heavy atom. The number of carbonyl (C=O) groups excluding carboxylic acids is 5. The Morgan fingerprint density at radius 3 is 2.23 bits per heavy atom. The summed E-state index contributed by atoms with van der Waals surface area (Å²) in [6, 6.07) is 7.13. The maximum atomic E-state index is 14.5. The Bertz CT molecular complexity index is 1930. The molecule has 1 unspecified atom stereocenters. The van der Waals surface area contributed by atoms with Gasteiger partial charge in [0, 0.05) is 38.0 Å². The van der Waals surface area contributed by atoms with Gasteiger partial charge in [0.15, 0.2) is 24.1 Å². The number of esters is 4. The number of hydrogen-bond donors (Lipinski definition) is 3. The van der Waals surface area contributed by atoms with Crippen molar-refractivity contribution >= 4 is 30.0 Å². The molecule has 2 heterocycles. The summed E-state index contributed by atoms with van der Waals surface area (Å²) in [5.74, 6) is -5.17. The molecule has 16 nitrogen and oxygen atoms in total. The molecule has 3 N–H and O–H groups in total. The lowest BCUT2D eigenvalue weighted by Gasteiger charge is -2.67. The number of rotatable bonds is 14. The van der Waals surface area contributed by atoms with Crippen molar-refractivity contribution in [3.8, 4) is 0 Å². The van der Waals surface area contributed by atoms with Gasteiger partial charge in [-0.2, -0.15) is 0 Å². The Balaban J connectivity index is 1.54. The number of unbranched alkanes of at least 4 members (excludes halogenated alkanes) is 2. The highest BCUT2D eigenvalue weighted by molar-refractivity contribution is 5.89. The molecule has 2 aliphatic heterocycles. The first kappa shape index (κ1) is 49.3. The number of carbonyl (C=O) groups is 5. The van der Waals surface area contributed by atoms with Crippen molar-refractivity contribution in [3.63, 3.8) is 0 Å². The minimum Gasteiger partial charge on any atom is -0.456 e. The molecule has 16 heteroatoms. The molecule has 0 aromatic heterocycles. The summed E-state index contributed by atoms with van der Waals surface area (Å²) >= 11 is 0. The van der Waals surface area contributed by atoms with Crippen LogP contribution in [0.2, 0.25) is 0 Å². The number of ether oxygens (including phenoxy) is 8. The molecule has 64 heavy (non-hydrogen) atoms. The molecule has 2 saturated carbocycles. The first-order valence-corrected chi connectivity index (χ1v) is 22.8. The molecular formula is C48H69NO15. The summed E-state index contributed by atoms with van der Waals surface area (Å²) in [6.07, 6.45) is -6.79. The van der Waals surface area contributed by atoms with E-state index in [0.717, 1.165) is 19.3 Å². The van der Waals surface area contributed by atoms with Crippen LogP contribution in [-0.2, 0) is 52.3 Å². The second-order valence-corrected chi connectivity index (χ2v) is 20.2. The zero-order valence-corrected chi connectivity index (χ0v) is 39.2. The van der Waals surface area contributed by atoms with Gasteiger partial charge in [-0.25, -0.2) is 14.4 Å². The third kappa shape index (κ3) is 9.72. The molecule has 6 rings (SSSR count). The lowest BCUT2D eigenvalue weighted by molar-refractivity contribution is -0.386. The maximum Gasteiger partial charge on any atom is 0.407 e. The Kier molecular flexibility index (Phi) is 14.7. The van der Waals surface area contributed by atoms with Crippen LogP contribution in [0.25, 0.3) is 0 Å². The highest BCUT2D eigenvalue weighted by Gasteiger charge is 2.76. The molecule has 1 aromatic carbocycles. The first-order valence-electron chi connectivity index (χ1n) is 22.8. The van der Waals surface area contributed by atoms with Crippen molar-refractivity contribution in [1.82, 2.24) is 5.32 Å². The highest BCUT2D eigenvalue weighted by Crippen LogP contribution is 2.63. The van der Waals surface area contributed by atoms with Crippen molar-refractivity contribution in [1.29, 1.82) is 0 Å². The van der Waals surface area contributed by atoms with Crippen molar-refractivity contribution in [2.24, 2.45) is 23.2 Å². The maximum absolute atomic E-state index is 14.5. The van der Waals surface area contributed by atoms with Crippen LogP contribution in [0.3, 0.4) is 0 Å². The number of alkyl carbamates (subject to hydrolysis) is 1. The van der Waals surface area contributed by atoms with Crippen LogP contribution >= 0.6 is 0 Å². The molecule has 1 aromatic rings. The summed E-state index contributed by atoms with van der Waals surface area (Å²) in [6.45, 7) is 18.5. The zero-order valence-electron chi connectivity index (χ0n) is 39.2. The summed E-state index contributed by atoms with van der Waals surface area (Å²) in [5.41, 5.74) is -5.01. The van der Waals surface area contributed by atoms with Gasteiger partial charge in [0.1, 0.15) is 35.6 Å². The van der Waals surface area contributed by atoms with Crippen molar-refractivity contribution in [3.05, 3.63) is 47.0 Å². The van der Waals surface area contributed by atoms with Gasteiger partial charge in [0.05, 0.1) is 30.2 Å². The smallest absolute Gasteiger partial charge is 0.407 e. The van der Waals surface area contributed by atoms with E-state index in [9.17, 15) is 34.2 Å². The van der Waals surface area contributed by atoms with Crippen LogP contribution in [0.5, 0.6) is 0 Å². The van der Waals surface area contributed by atoms with Crippen LogP contribution in [0.1, 0.15) is 131 Å². The van der Waals surface area contributed by atoms with Gasteiger partial charge in [-0.3, -0.25) is 9.59 Å². The van der Waals surface area contributed by atoms with Gasteiger partial charge in [-0.15, -0.1) is 0 Å². The Labute approximate surface area is 376 Å². The lowest BCUT2D eigenvalue weighted by atomic mass is 9.48. The lowest BCUT2D eigenvalue weighted by Crippen LogP contribution is -2.81. The molecule has 4 fully saturated rings. The van der Waals surface area contributed by atoms with Gasteiger partial charge in [0.2, 0.25) is 0 Å². The molecular weight excluding hydrogens is 831 g/mol. The van der Waals surface area contributed by atoms with Crippen LogP contribution < -0.4 is 5.32 Å². The largest absolute Gasteiger partial charge is 0.456 e. The number of aliphatic hydroxyl groups excluding tert-OH is 1. The topological polar surface area (TPSA) is 212 Å². The zero-order chi connectivity index (χ0) is 47.1. The minimum absolute atomic E-state index is 0.0833. The fraction of sp³-hybridized carbons (Fsp3) is 0.729. The van der Waals surface area contributed by atoms with Crippen molar-refractivity contribution in [2.45, 2.75) is 193 Å². The number of amides is 1. The molecule has 0 radical (unpaired) electrons. The summed E-state index contributed by atoms with van der Waals surface area (Å²) in [7, 11) is 0. The van der Waals surface area contributed by atoms with E-state index < -0.39 is 119 Å². The van der Waals surface area contributed by atoms with Gasteiger partial charge < -0.3 is 53.4 Å². The van der Waals surface area contributed by atoms with Gasteiger partial charge in [-0.1, -0.05) is 65.7 Å². The van der Waals surface area contributed by atoms with E-state index in [-0.39, 0.29) is 37.4 Å². The molecule has 2 saturated heterocycles. The highest BCUT2D eigenvalue weighted by atomic mass is 16.7. The van der Waals surface area contributed by atoms with E-state index in [1.54, 1.807) is 71.9 Å². The molecule has 3 aliphatic carbocycles. The van der Waals surface area contributed by atoms with Gasteiger partial charge in [-0.05, 0) is 76.2 Å². The third-order valence-corrected chi connectivity index (χ3v) is 13.7. The first-order chi connectivity index (χ1) is 29.9. The van der Waals surface area contributed by atoms with Gasteiger partial charge >= 0.3 is 30.0 Å². The van der Waals surface area contributed by atoms with Crippen molar-refractivity contribution < 1.29 is 72.1 Å². The average Bonchev–Trinajstić information content (AvgIpc) is 3.18. The van der Waals surface area contributed by atoms with E-state index in [2.05, 4.69) is 12.2 Å². The Hall–Kier alpha value is -4.09. The van der Waals surface area contributed by atoms with E-state index in [0.29, 0.717) is 17.6 Å². The predicted molar refractivity (Wildman–Crippen MR) is 229 cm³/mol. The standard InChI is InChI=1S/C48H69NO15/c1-12-13-15-20-34-59-31-22-33-47(24-57-33,63-28(6)51)37-35(31)39(61-34)40(58-27(5)50)36-26(4)32(60-43(54)38(52)30(21-25(2)3)49-44(55)64-45(7,8)9)23-48(56,46(36,10)11)41(37)62-42(53)29-18-16-14-17-19-29/h14,16-19,25,30-35,37-41,52,56H,12-13,15,20-24H2,1-11H3,(H,49,55)/t30-,31-,32-,33+,34-,35?,37+,38+,39+,40+,41-,47-,48+/m0/s1. The predicted octanol–water partition coefficient (Wildman–Crippen LogP) is 5.87. The van der Waals surface area contributed by atoms with Crippen LogP contribution in [0, 0.1) is 23.2 Å². The minimum atomic E-state index is -2.19. The number of fused-ring (bicyclic) bond motifs is 4. The third-order valence-electron chi connectivity index (χ3n) is 13.7. The fourth-order valence-corrected chi connectivity index (χ4v) is 10.9. The SMILES string of the molecule is CCCCC[C@H]1O[C@H]2C[C@H]3OC[C@@]3(OC(C)=O)[C@@H]3C2[C@@H](O1)[C@H](OC(C)=O)C1=C(C)[C@@H](OC(=O)[C@H](O)[C@H](CC(C)C)NC(=O)OC(C)(C)C)C[C@@](O)([C@H]3OC(=O)c2ccccc2)C1(C)C. The molecule has 5 aliphatic rings. The average molecular weight is 900 g/mol. The summed E-state index contributed by atoms with van der Waals surface area (Å²) in [5, 5.41) is 28.1. The molecule has 356 valence electrons. The summed E-state index contributed by atoms with van der Waals surface area (Å²) in [4.78, 5) is 68.2. The van der Waals surface area contributed by atoms with Crippen LogP contribution in [-0.4, -0.2) is 119 Å². The normalized spacial score (nSPS) is 33.7. The number of nitrogens with one attached hydrogen (secondary N) is 1. The molecule has 0 spiro atoms. The van der Waals surface area contributed by atoms with E-state index in [4.69, 9.17) is 37.9 Å². The van der Waals surface area contributed by atoms with E-state index in [1.807, 2.05) is 13.8 Å². The molecule has 1 amide bonds.